The number of rotatable bonds is 5. The van der Waals surface area contributed by atoms with Gasteiger partial charge in [0.15, 0.2) is 0 Å². The molecule has 1 atom stereocenters. The van der Waals surface area contributed by atoms with E-state index in [9.17, 15) is 4.79 Å². The molecule has 0 saturated carbocycles. The van der Waals surface area contributed by atoms with Crippen molar-refractivity contribution in [2.24, 2.45) is 0 Å². The van der Waals surface area contributed by atoms with E-state index >= 15 is 0 Å². The van der Waals surface area contributed by atoms with Crippen LogP contribution in [-0.4, -0.2) is 39.7 Å². The van der Waals surface area contributed by atoms with Crippen LogP contribution in [0, 0.1) is 6.92 Å². The number of carbonyl (C=O) groups excluding carboxylic acids is 1. The summed E-state index contributed by atoms with van der Waals surface area (Å²) in [6.07, 6.45) is 4.69. The van der Waals surface area contributed by atoms with Gasteiger partial charge in [-0.05, 0) is 30.5 Å². The van der Waals surface area contributed by atoms with Crippen molar-refractivity contribution >= 4 is 5.91 Å². The molecule has 1 N–H and O–H groups in total. The Hall–Kier alpha value is -2.92. The van der Waals surface area contributed by atoms with Crippen molar-refractivity contribution in [3.8, 4) is 5.69 Å². The number of benzene rings is 2. The second-order valence-corrected chi connectivity index (χ2v) is 7.05. The van der Waals surface area contributed by atoms with Crippen LogP contribution in [0.2, 0.25) is 0 Å². The van der Waals surface area contributed by atoms with Crippen molar-refractivity contribution in [3.05, 3.63) is 83.7 Å². The maximum atomic E-state index is 12.5. The lowest BCUT2D eigenvalue weighted by Crippen LogP contribution is -2.55. The molecule has 2 heterocycles. The van der Waals surface area contributed by atoms with E-state index in [4.69, 9.17) is 0 Å². The van der Waals surface area contributed by atoms with Crippen molar-refractivity contribution in [3.63, 3.8) is 0 Å². The molecule has 0 radical (unpaired) electrons. The molecule has 1 saturated heterocycles. The average molecular weight is 360 g/mol. The summed E-state index contributed by atoms with van der Waals surface area (Å²) in [4.78, 5) is 14.8. The van der Waals surface area contributed by atoms with Crippen LogP contribution >= 0.6 is 0 Å². The topological polar surface area (TPSA) is 50.2 Å². The number of hydrogen-bond donors (Lipinski definition) is 1. The van der Waals surface area contributed by atoms with Crippen LogP contribution < -0.4 is 5.32 Å². The highest BCUT2D eigenvalue weighted by atomic mass is 16.2. The molecule has 2 aromatic carbocycles. The molecule has 3 aromatic rings. The maximum Gasteiger partial charge on any atom is 0.237 e. The van der Waals surface area contributed by atoms with Crippen molar-refractivity contribution in [2.75, 3.05) is 13.1 Å². The highest BCUT2D eigenvalue weighted by Crippen LogP contribution is 2.17. The Labute approximate surface area is 159 Å². The van der Waals surface area contributed by atoms with Gasteiger partial charge in [0.05, 0.1) is 17.9 Å². The quantitative estimate of drug-likeness (QED) is 0.761. The molecule has 1 unspecified atom stereocenters. The Kier molecular flexibility index (Phi) is 5.03. The van der Waals surface area contributed by atoms with Gasteiger partial charge in [-0.1, -0.05) is 48.5 Å². The highest BCUT2D eigenvalue weighted by molar-refractivity contribution is 5.82. The average Bonchev–Trinajstić information content (AvgIpc) is 3.14. The molecular weight excluding hydrogens is 336 g/mol. The van der Waals surface area contributed by atoms with Gasteiger partial charge in [-0.25, -0.2) is 4.68 Å². The van der Waals surface area contributed by atoms with Crippen LogP contribution in [0.3, 0.4) is 0 Å². The maximum absolute atomic E-state index is 12.5. The molecule has 0 aliphatic carbocycles. The first kappa shape index (κ1) is 17.5. The van der Waals surface area contributed by atoms with Gasteiger partial charge in [0, 0.05) is 31.4 Å². The third-order valence-electron chi connectivity index (χ3n) is 5.10. The Morgan fingerprint density at radius 1 is 1.07 bits per heavy atom. The summed E-state index contributed by atoms with van der Waals surface area (Å²) in [5.41, 5.74) is 4.57. The van der Waals surface area contributed by atoms with Crippen LogP contribution in [0.15, 0.2) is 67.0 Å². The summed E-state index contributed by atoms with van der Waals surface area (Å²) >= 11 is 0. The number of aromatic nitrogens is 2. The molecule has 4 rings (SSSR count). The molecular formula is C22H24N4O. The van der Waals surface area contributed by atoms with E-state index < -0.39 is 0 Å². The minimum absolute atomic E-state index is 0.108. The van der Waals surface area contributed by atoms with Crippen LogP contribution in [-0.2, 0) is 17.8 Å². The summed E-state index contributed by atoms with van der Waals surface area (Å²) in [7, 11) is 0. The van der Waals surface area contributed by atoms with Gasteiger partial charge in [0.2, 0.25) is 5.91 Å². The zero-order chi connectivity index (χ0) is 18.6. The molecule has 27 heavy (non-hydrogen) atoms. The minimum Gasteiger partial charge on any atom is -0.353 e. The van der Waals surface area contributed by atoms with Gasteiger partial charge in [0.25, 0.3) is 0 Å². The Bertz CT molecular complexity index is 919. The lowest BCUT2D eigenvalue weighted by Gasteiger charge is -2.34. The van der Waals surface area contributed by atoms with Crippen molar-refractivity contribution in [1.29, 1.82) is 0 Å². The van der Waals surface area contributed by atoms with E-state index in [2.05, 4.69) is 52.7 Å². The van der Waals surface area contributed by atoms with Gasteiger partial charge in [-0.3, -0.25) is 9.69 Å². The molecule has 1 aliphatic rings. The summed E-state index contributed by atoms with van der Waals surface area (Å²) in [5.74, 6) is 0.108. The van der Waals surface area contributed by atoms with E-state index in [1.54, 1.807) is 0 Å². The molecule has 5 nitrogen and oxygen atoms in total. The fourth-order valence-corrected chi connectivity index (χ4v) is 3.64. The van der Waals surface area contributed by atoms with Crippen LogP contribution in [0.25, 0.3) is 5.69 Å². The van der Waals surface area contributed by atoms with Gasteiger partial charge in [-0.2, -0.15) is 5.10 Å². The number of carbonyl (C=O) groups is 1. The SMILES string of the molecule is Cc1ccccc1-n1cc(CN2CCNC(=O)C2Cc2ccccc2)cn1. The zero-order valence-electron chi connectivity index (χ0n) is 15.5. The predicted molar refractivity (Wildman–Crippen MR) is 106 cm³/mol. The predicted octanol–water partition coefficient (Wildman–Crippen LogP) is 2.72. The second kappa shape index (κ2) is 7.76. The van der Waals surface area contributed by atoms with E-state index in [1.165, 1.54) is 11.1 Å². The number of aryl methyl sites for hydroxylation is 1. The largest absolute Gasteiger partial charge is 0.353 e. The first-order chi connectivity index (χ1) is 13.2. The molecule has 0 bridgehead atoms. The van der Waals surface area contributed by atoms with E-state index in [0.717, 1.165) is 30.8 Å². The number of hydrogen-bond acceptors (Lipinski definition) is 3. The molecule has 1 aliphatic heterocycles. The van der Waals surface area contributed by atoms with Crippen LogP contribution in [0.5, 0.6) is 0 Å². The molecule has 1 amide bonds. The summed E-state index contributed by atoms with van der Waals surface area (Å²) in [6.45, 7) is 4.34. The van der Waals surface area contributed by atoms with Crippen LogP contribution in [0.4, 0.5) is 0 Å². The fourth-order valence-electron chi connectivity index (χ4n) is 3.64. The van der Waals surface area contributed by atoms with E-state index in [0.29, 0.717) is 6.54 Å². The summed E-state index contributed by atoms with van der Waals surface area (Å²) in [6, 6.07) is 18.3. The van der Waals surface area contributed by atoms with Gasteiger partial charge in [0.1, 0.15) is 0 Å². The number of nitrogens with zero attached hydrogens (tertiary/aromatic N) is 3. The smallest absolute Gasteiger partial charge is 0.237 e. The first-order valence-electron chi connectivity index (χ1n) is 9.36. The third kappa shape index (κ3) is 3.93. The Balaban J connectivity index is 1.52. The lowest BCUT2D eigenvalue weighted by atomic mass is 10.0. The zero-order valence-corrected chi connectivity index (χ0v) is 15.5. The second-order valence-electron chi connectivity index (χ2n) is 7.05. The third-order valence-corrected chi connectivity index (χ3v) is 5.10. The van der Waals surface area contributed by atoms with E-state index in [1.807, 2.05) is 41.2 Å². The monoisotopic (exact) mass is 360 g/mol. The van der Waals surface area contributed by atoms with Gasteiger partial charge < -0.3 is 5.32 Å². The summed E-state index contributed by atoms with van der Waals surface area (Å²) < 4.78 is 1.92. The first-order valence-corrected chi connectivity index (χ1v) is 9.36. The lowest BCUT2D eigenvalue weighted by molar-refractivity contribution is -0.129. The van der Waals surface area contributed by atoms with Gasteiger partial charge >= 0.3 is 0 Å². The van der Waals surface area contributed by atoms with Crippen molar-refractivity contribution < 1.29 is 4.79 Å². The standard InChI is InChI=1S/C22H24N4O/c1-17-7-5-6-10-20(17)26-16-19(14-24-26)15-25-12-11-23-22(27)21(25)13-18-8-3-2-4-9-18/h2-10,14,16,21H,11-13,15H2,1H3,(H,23,27). The number of nitrogens with one attached hydrogen (secondary N) is 1. The molecule has 0 spiro atoms. The minimum atomic E-state index is -0.150. The van der Waals surface area contributed by atoms with Gasteiger partial charge in [-0.15, -0.1) is 0 Å². The number of para-hydroxylation sites is 1. The fraction of sp³-hybridized carbons (Fsp3) is 0.273. The normalized spacial score (nSPS) is 17.7. The number of piperazine rings is 1. The van der Waals surface area contributed by atoms with E-state index in [-0.39, 0.29) is 11.9 Å². The van der Waals surface area contributed by atoms with Crippen molar-refractivity contribution in [2.45, 2.75) is 25.9 Å². The molecule has 1 aromatic heterocycles. The highest BCUT2D eigenvalue weighted by Gasteiger charge is 2.29. The molecule has 5 heteroatoms. The Morgan fingerprint density at radius 3 is 2.67 bits per heavy atom. The Morgan fingerprint density at radius 2 is 1.85 bits per heavy atom. The van der Waals surface area contributed by atoms with Crippen molar-refractivity contribution in [1.82, 2.24) is 20.0 Å². The summed E-state index contributed by atoms with van der Waals surface area (Å²) in [5, 5.41) is 7.54. The molecule has 1 fully saturated rings. The number of amides is 1. The molecule has 138 valence electrons. The van der Waals surface area contributed by atoms with Crippen LogP contribution in [0.1, 0.15) is 16.7 Å².